The van der Waals surface area contributed by atoms with Gasteiger partial charge in [-0.05, 0) is 48.4 Å². The normalized spacial score (nSPS) is 15.9. The molecular formula is C13H14ClNO2. The lowest BCUT2D eigenvalue weighted by molar-refractivity contribution is -0.131. The molecule has 0 amide bonds. The van der Waals surface area contributed by atoms with E-state index in [1.165, 1.54) is 18.9 Å². The molecule has 0 aliphatic heterocycles. The highest BCUT2D eigenvalue weighted by Crippen LogP contribution is 2.38. The first kappa shape index (κ1) is 12.0. The number of hydrogen-bond acceptors (Lipinski definition) is 2. The maximum absolute atomic E-state index is 10.8. The SMILES string of the molecule is Nc1cc(/C(=C\C(=O)O)CC2CC2)ccc1Cl. The van der Waals surface area contributed by atoms with Crippen molar-refractivity contribution in [2.45, 2.75) is 19.3 Å². The van der Waals surface area contributed by atoms with Crippen LogP contribution in [0.3, 0.4) is 0 Å². The number of benzene rings is 1. The van der Waals surface area contributed by atoms with E-state index in [0.717, 1.165) is 17.6 Å². The maximum Gasteiger partial charge on any atom is 0.328 e. The number of nitrogens with two attached hydrogens (primary N) is 1. The van der Waals surface area contributed by atoms with E-state index in [1.807, 2.05) is 6.07 Å². The van der Waals surface area contributed by atoms with Gasteiger partial charge in [0.15, 0.2) is 0 Å². The first-order valence-electron chi connectivity index (χ1n) is 5.55. The Morgan fingerprint density at radius 2 is 2.24 bits per heavy atom. The van der Waals surface area contributed by atoms with Gasteiger partial charge in [-0.25, -0.2) is 4.79 Å². The Kier molecular flexibility index (Phi) is 3.38. The van der Waals surface area contributed by atoms with Crippen LogP contribution in [0.25, 0.3) is 5.57 Å². The van der Waals surface area contributed by atoms with Crippen molar-refractivity contribution >= 4 is 28.8 Å². The van der Waals surface area contributed by atoms with Crippen molar-refractivity contribution in [1.82, 2.24) is 0 Å². The number of anilines is 1. The van der Waals surface area contributed by atoms with Crippen LogP contribution >= 0.6 is 11.6 Å². The van der Waals surface area contributed by atoms with Crippen molar-refractivity contribution in [2.24, 2.45) is 5.92 Å². The van der Waals surface area contributed by atoms with Crippen molar-refractivity contribution in [2.75, 3.05) is 5.73 Å². The molecule has 0 atom stereocenters. The summed E-state index contributed by atoms with van der Waals surface area (Å²) in [7, 11) is 0. The van der Waals surface area contributed by atoms with Gasteiger partial charge in [-0.15, -0.1) is 0 Å². The quantitative estimate of drug-likeness (QED) is 0.638. The third-order valence-corrected chi connectivity index (χ3v) is 3.21. The largest absolute Gasteiger partial charge is 0.478 e. The summed E-state index contributed by atoms with van der Waals surface area (Å²) in [5.41, 5.74) is 7.88. The summed E-state index contributed by atoms with van der Waals surface area (Å²) in [5.74, 6) is -0.299. The minimum absolute atomic E-state index is 0.483. The summed E-state index contributed by atoms with van der Waals surface area (Å²) in [6, 6.07) is 5.25. The summed E-state index contributed by atoms with van der Waals surface area (Å²) in [4.78, 5) is 10.8. The lowest BCUT2D eigenvalue weighted by Crippen LogP contribution is -1.96. The van der Waals surface area contributed by atoms with Gasteiger partial charge in [0, 0.05) is 6.08 Å². The first-order chi connectivity index (χ1) is 8.06. The highest BCUT2D eigenvalue weighted by Gasteiger charge is 2.23. The van der Waals surface area contributed by atoms with E-state index in [4.69, 9.17) is 22.4 Å². The molecule has 1 saturated carbocycles. The van der Waals surface area contributed by atoms with Gasteiger partial charge in [-0.3, -0.25) is 0 Å². The smallest absolute Gasteiger partial charge is 0.328 e. The molecule has 0 spiro atoms. The topological polar surface area (TPSA) is 63.3 Å². The Balaban J connectivity index is 2.30. The molecule has 0 radical (unpaired) electrons. The van der Waals surface area contributed by atoms with Crippen molar-refractivity contribution in [3.63, 3.8) is 0 Å². The van der Waals surface area contributed by atoms with Gasteiger partial charge in [0.05, 0.1) is 10.7 Å². The summed E-state index contributed by atoms with van der Waals surface area (Å²) >= 11 is 5.85. The minimum atomic E-state index is -0.922. The standard InChI is InChI=1S/C13H14ClNO2/c14-11-4-3-9(6-12(11)15)10(7-13(16)17)5-8-1-2-8/h3-4,6-8H,1-2,5,15H2,(H,16,17)/b10-7-. The van der Waals surface area contributed by atoms with Gasteiger partial charge in [-0.1, -0.05) is 17.7 Å². The van der Waals surface area contributed by atoms with Crippen LogP contribution in [0.5, 0.6) is 0 Å². The Bertz CT molecular complexity index is 478. The highest BCUT2D eigenvalue weighted by molar-refractivity contribution is 6.33. The summed E-state index contributed by atoms with van der Waals surface area (Å²) in [6.07, 6.45) is 4.43. The molecule has 3 nitrogen and oxygen atoms in total. The van der Waals surface area contributed by atoms with Crippen molar-refractivity contribution in [1.29, 1.82) is 0 Å². The number of aliphatic carboxylic acids is 1. The molecule has 0 saturated heterocycles. The number of carbonyl (C=O) groups is 1. The highest BCUT2D eigenvalue weighted by atomic mass is 35.5. The van der Waals surface area contributed by atoms with Gasteiger partial charge >= 0.3 is 5.97 Å². The monoisotopic (exact) mass is 251 g/mol. The van der Waals surface area contributed by atoms with Crippen LogP contribution in [-0.2, 0) is 4.79 Å². The zero-order valence-electron chi connectivity index (χ0n) is 9.32. The zero-order chi connectivity index (χ0) is 12.4. The lowest BCUT2D eigenvalue weighted by atomic mass is 9.99. The van der Waals surface area contributed by atoms with Gasteiger partial charge < -0.3 is 10.8 Å². The minimum Gasteiger partial charge on any atom is -0.478 e. The molecule has 1 aromatic carbocycles. The average molecular weight is 252 g/mol. The predicted molar refractivity (Wildman–Crippen MR) is 68.8 cm³/mol. The van der Waals surface area contributed by atoms with Crippen LogP contribution in [0.2, 0.25) is 5.02 Å². The van der Waals surface area contributed by atoms with Crippen LogP contribution in [-0.4, -0.2) is 11.1 Å². The fraction of sp³-hybridized carbons (Fsp3) is 0.308. The molecule has 2 rings (SSSR count). The first-order valence-corrected chi connectivity index (χ1v) is 5.93. The van der Waals surface area contributed by atoms with Crippen LogP contribution in [0, 0.1) is 5.92 Å². The molecule has 1 aliphatic rings. The third-order valence-electron chi connectivity index (χ3n) is 2.87. The lowest BCUT2D eigenvalue weighted by Gasteiger charge is -2.08. The molecule has 0 aromatic heterocycles. The Labute approximate surface area is 105 Å². The Morgan fingerprint density at radius 3 is 2.76 bits per heavy atom. The number of allylic oxidation sites excluding steroid dienone is 1. The second kappa shape index (κ2) is 4.80. The molecular weight excluding hydrogens is 238 g/mol. The van der Waals surface area contributed by atoms with E-state index in [2.05, 4.69) is 0 Å². The fourth-order valence-electron chi connectivity index (χ4n) is 1.79. The second-order valence-corrected chi connectivity index (χ2v) is 4.80. The molecule has 3 N–H and O–H groups in total. The van der Waals surface area contributed by atoms with Crippen LogP contribution in [0.4, 0.5) is 5.69 Å². The molecule has 17 heavy (non-hydrogen) atoms. The number of rotatable bonds is 4. The molecule has 90 valence electrons. The number of hydrogen-bond donors (Lipinski definition) is 2. The van der Waals surface area contributed by atoms with E-state index in [0.29, 0.717) is 16.6 Å². The van der Waals surface area contributed by atoms with Crippen molar-refractivity contribution in [3.8, 4) is 0 Å². The van der Waals surface area contributed by atoms with Crippen LogP contribution < -0.4 is 5.73 Å². The molecule has 4 heteroatoms. The Morgan fingerprint density at radius 1 is 1.53 bits per heavy atom. The van der Waals surface area contributed by atoms with Crippen LogP contribution in [0.1, 0.15) is 24.8 Å². The average Bonchev–Trinajstić information content (AvgIpc) is 3.04. The van der Waals surface area contributed by atoms with E-state index >= 15 is 0 Å². The molecule has 1 aromatic rings. The van der Waals surface area contributed by atoms with Gasteiger partial charge in [-0.2, -0.15) is 0 Å². The van der Waals surface area contributed by atoms with E-state index in [9.17, 15) is 4.79 Å². The number of carboxylic acid groups (broad SMARTS) is 1. The number of carboxylic acids is 1. The van der Waals surface area contributed by atoms with Gasteiger partial charge in [0.1, 0.15) is 0 Å². The number of nitrogen functional groups attached to an aromatic ring is 1. The number of halogens is 1. The van der Waals surface area contributed by atoms with Crippen molar-refractivity contribution < 1.29 is 9.90 Å². The fourth-order valence-corrected chi connectivity index (χ4v) is 1.90. The van der Waals surface area contributed by atoms with Crippen molar-refractivity contribution in [3.05, 3.63) is 34.9 Å². The van der Waals surface area contributed by atoms with Gasteiger partial charge in [0.2, 0.25) is 0 Å². The Hall–Kier alpha value is -1.48. The van der Waals surface area contributed by atoms with Crippen LogP contribution in [0.15, 0.2) is 24.3 Å². The summed E-state index contributed by atoms with van der Waals surface area (Å²) in [5, 5.41) is 9.36. The molecule has 1 fully saturated rings. The second-order valence-electron chi connectivity index (χ2n) is 4.39. The van der Waals surface area contributed by atoms with E-state index in [-0.39, 0.29) is 0 Å². The molecule has 0 unspecified atom stereocenters. The van der Waals surface area contributed by atoms with E-state index < -0.39 is 5.97 Å². The zero-order valence-corrected chi connectivity index (χ0v) is 10.1. The summed E-state index contributed by atoms with van der Waals surface area (Å²) in [6.45, 7) is 0. The van der Waals surface area contributed by atoms with Gasteiger partial charge in [0.25, 0.3) is 0 Å². The third kappa shape index (κ3) is 3.24. The van der Waals surface area contributed by atoms with E-state index in [1.54, 1.807) is 12.1 Å². The summed E-state index contributed by atoms with van der Waals surface area (Å²) < 4.78 is 0. The molecule has 0 heterocycles. The molecule has 1 aliphatic carbocycles. The predicted octanol–water partition coefficient (Wildman–Crippen LogP) is 3.19. The maximum atomic E-state index is 10.8. The molecule has 0 bridgehead atoms.